The Kier molecular flexibility index (Phi) is 5.53. The van der Waals surface area contributed by atoms with E-state index in [0.29, 0.717) is 11.2 Å². The third kappa shape index (κ3) is 5.31. The van der Waals surface area contributed by atoms with E-state index in [0.717, 1.165) is 18.2 Å². The Morgan fingerprint density at radius 1 is 1.19 bits per heavy atom. The van der Waals surface area contributed by atoms with Gasteiger partial charge in [-0.15, -0.1) is 10.2 Å². The molecule has 0 saturated heterocycles. The van der Waals surface area contributed by atoms with Crippen molar-refractivity contribution in [3.63, 3.8) is 0 Å². The van der Waals surface area contributed by atoms with Crippen molar-refractivity contribution in [1.82, 2.24) is 10.2 Å². The summed E-state index contributed by atoms with van der Waals surface area (Å²) in [7, 11) is 0. The van der Waals surface area contributed by atoms with Crippen molar-refractivity contribution in [3.8, 4) is 0 Å². The van der Waals surface area contributed by atoms with Crippen LogP contribution in [0.2, 0.25) is 5.15 Å². The molecule has 0 bridgehead atoms. The third-order valence-electron chi connectivity index (χ3n) is 2.44. The lowest BCUT2D eigenvalue weighted by Crippen LogP contribution is -2.16. The molecule has 3 nitrogen and oxygen atoms in total. The van der Waals surface area contributed by atoms with Gasteiger partial charge in [-0.3, -0.25) is 0 Å². The van der Waals surface area contributed by atoms with Crippen molar-refractivity contribution in [2.45, 2.75) is 46.1 Å². The standard InChI is InChI=1S/C12H20ClN3/c1-9(2)5-4-6-10(3)14-12-8-7-11(13)15-16-12/h7-10H,4-6H2,1-3H3,(H,14,16). The van der Waals surface area contributed by atoms with Gasteiger partial charge in [-0.1, -0.05) is 38.3 Å². The lowest BCUT2D eigenvalue weighted by molar-refractivity contribution is 0.520. The lowest BCUT2D eigenvalue weighted by Gasteiger charge is -2.14. The first-order valence-electron chi connectivity index (χ1n) is 5.83. The van der Waals surface area contributed by atoms with Crippen LogP contribution in [0, 0.1) is 5.92 Å². The molecule has 0 fully saturated rings. The van der Waals surface area contributed by atoms with Gasteiger partial charge in [-0.25, -0.2) is 0 Å². The smallest absolute Gasteiger partial charge is 0.151 e. The SMILES string of the molecule is CC(C)CCCC(C)Nc1ccc(Cl)nn1. The molecule has 0 spiro atoms. The summed E-state index contributed by atoms with van der Waals surface area (Å²) in [6, 6.07) is 4.03. The zero-order valence-corrected chi connectivity index (χ0v) is 11.0. The van der Waals surface area contributed by atoms with Crippen LogP contribution in [0.25, 0.3) is 0 Å². The van der Waals surface area contributed by atoms with E-state index >= 15 is 0 Å². The fourth-order valence-electron chi connectivity index (χ4n) is 1.55. The number of hydrogen-bond acceptors (Lipinski definition) is 3. The summed E-state index contributed by atoms with van der Waals surface area (Å²) in [6.07, 6.45) is 3.67. The maximum atomic E-state index is 5.67. The molecule has 0 amide bonds. The lowest BCUT2D eigenvalue weighted by atomic mass is 10.0. The number of nitrogens with one attached hydrogen (secondary N) is 1. The molecule has 0 aromatic carbocycles. The second-order valence-electron chi connectivity index (χ2n) is 4.61. The Labute approximate surface area is 103 Å². The van der Waals surface area contributed by atoms with E-state index in [1.54, 1.807) is 6.07 Å². The molecular formula is C12H20ClN3. The summed E-state index contributed by atoms with van der Waals surface area (Å²) in [5.74, 6) is 1.57. The van der Waals surface area contributed by atoms with Gasteiger partial charge in [-0.05, 0) is 31.4 Å². The van der Waals surface area contributed by atoms with E-state index in [1.807, 2.05) is 6.07 Å². The van der Waals surface area contributed by atoms with E-state index in [9.17, 15) is 0 Å². The second kappa shape index (κ2) is 6.69. The summed E-state index contributed by atoms with van der Waals surface area (Å²) in [4.78, 5) is 0. The van der Waals surface area contributed by atoms with E-state index < -0.39 is 0 Å². The average molecular weight is 242 g/mol. The van der Waals surface area contributed by atoms with Crippen molar-refractivity contribution in [2.75, 3.05) is 5.32 Å². The van der Waals surface area contributed by atoms with Gasteiger partial charge in [0.25, 0.3) is 0 Å². The summed E-state index contributed by atoms with van der Waals surface area (Å²) in [5.41, 5.74) is 0. The van der Waals surface area contributed by atoms with Crippen LogP contribution in [-0.4, -0.2) is 16.2 Å². The van der Waals surface area contributed by atoms with Gasteiger partial charge in [0.05, 0.1) is 0 Å². The van der Waals surface area contributed by atoms with Gasteiger partial charge in [0.15, 0.2) is 5.15 Å². The van der Waals surface area contributed by atoms with Gasteiger partial charge >= 0.3 is 0 Å². The molecule has 16 heavy (non-hydrogen) atoms. The van der Waals surface area contributed by atoms with Crippen molar-refractivity contribution >= 4 is 17.4 Å². The molecular weight excluding hydrogens is 222 g/mol. The molecule has 1 rings (SSSR count). The minimum absolute atomic E-state index is 0.425. The van der Waals surface area contributed by atoms with E-state index in [2.05, 4.69) is 36.3 Å². The Balaban J connectivity index is 2.28. The van der Waals surface area contributed by atoms with E-state index in [4.69, 9.17) is 11.6 Å². The normalized spacial score (nSPS) is 12.8. The highest BCUT2D eigenvalue weighted by atomic mass is 35.5. The molecule has 1 N–H and O–H groups in total. The van der Waals surface area contributed by atoms with E-state index in [1.165, 1.54) is 12.8 Å². The first kappa shape index (κ1) is 13.2. The number of hydrogen-bond donors (Lipinski definition) is 1. The largest absolute Gasteiger partial charge is 0.366 e. The summed E-state index contributed by atoms with van der Waals surface area (Å²) >= 11 is 5.67. The summed E-state index contributed by atoms with van der Waals surface area (Å²) in [6.45, 7) is 6.67. The molecule has 0 aliphatic carbocycles. The van der Waals surface area contributed by atoms with Crippen LogP contribution in [0.4, 0.5) is 5.82 Å². The first-order chi connectivity index (χ1) is 7.58. The van der Waals surface area contributed by atoms with Crippen LogP contribution < -0.4 is 5.32 Å². The van der Waals surface area contributed by atoms with Crippen molar-refractivity contribution in [2.24, 2.45) is 5.92 Å². The molecule has 1 atom stereocenters. The highest BCUT2D eigenvalue weighted by molar-refractivity contribution is 6.29. The highest BCUT2D eigenvalue weighted by Gasteiger charge is 2.04. The topological polar surface area (TPSA) is 37.8 Å². The quantitative estimate of drug-likeness (QED) is 0.824. The van der Waals surface area contributed by atoms with Crippen LogP contribution in [0.3, 0.4) is 0 Å². The van der Waals surface area contributed by atoms with Crippen molar-refractivity contribution in [3.05, 3.63) is 17.3 Å². The molecule has 0 aliphatic heterocycles. The number of nitrogens with zero attached hydrogens (tertiary/aromatic N) is 2. The Bertz CT molecular complexity index is 298. The molecule has 1 aromatic heterocycles. The minimum atomic E-state index is 0.425. The van der Waals surface area contributed by atoms with Gasteiger partial charge in [0, 0.05) is 6.04 Å². The first-order valence-corrected chi connectivity index (χ1v) is 6.21. The molecule has 1 unspecified atom stereocenters. The zero-order chi connectivity index (χ0) is 12.0. The summed E-state index contributed by atoms with van der Waals surface area (Å²) < 4.78 is 0. The van der Waals surface area contributed by atoms with Crippen molar-refractivity contribution < 1.29 is 0 Å². The monoisotopic (exact) mass is 241 g/mol. The number of rotatable bonds is 6. The van der Waals surface area contributed by atoms with E-state index in [-0.39, 0.29) is 0 Å². The van der Waals surface area contributed by atoms with Crippen LogP contribution in [0.15, 0.2) is 12.1 Å². The maximum absolute atomic E-state index is 5.67. The van der Waals surface area contributed by atoms with Gasteiger partial charge in [0.2, 0.25) is 0 Å². The van der Waals surface area contributed by atoms with Crippen LogP contribution >= 0.6 is 11.6 Å². The predicted octanol–water partition coefficient (Wildman–Crippen LogP) is 3.76. The van der Waals surface area contributed by atoms with Gasteiger partial charge < -0.3 is 5.32 Å². The zero-order valence-electron chi connectivity index (χ0n) is 10.2. The van der Waals surface area contributed by atoms with Gasteiger partial charge in [-0.2, -0.15) is 0 Å². The fourth-order valence-corrected chi connectivity index (χ4v) is 1.65. The maximum Gasteiger partial charge on any atom is 0.151 e. The van der Waals surface area contributed by atoms with Crippen LogP contribution in [0.5, 0.6) is 0 Å². The van der Waals surface area contributed by atoms with Gasteiger partial charge in [0.1, 0.15) is 5.82 Å². The number of aromatic nitrogens is 2. The Morgan fingerprint density at radius 2 is 1.94 bits per heavy atom. The fraction of sp³-hybridized carbons (Fsp3) is 0.667. The second-order valence-corrected chi connectivity index (χ2v) is 5.00. The summed E-state index contributed by atoms with van der Waals surface area (Å²) in [5, 5.41) is 11.5. The van der Waals surface area contributed by atoms with Crippen LogP contribution in [0.1, 0.15) is 40.0 Å². The molecule has 4 heteroatoms. The molecule has 0 aliphatic rings. The van der Waals surface area contributed by atoms with Crippen LogP contribution in [-0.2, 0) is 0 Å². The highest BCUT2D eigenvalue weighted by Crippen LogP contribution is 2.12. The molecule has 0 saturated carbocycles. The number of anilines is 1. The minimum Gasteiger partial charge on any atom is -0.366 e. The Morgan fingerprint density at radius 3 is 2.50 bits per heavy atom. The molecule has 1 aromatic rings. The molecule has 1 heterocycles. The predicted molar refractivity (Wildman–Crippen MR) is 68.8 cm³/mol. The number of halogens is 1. The molecule has 0 radical (unpaired) electrons. The third-order valence-corrected chi connectivity index (χ3v) is 2.65. The van der Waals surface area contributed by atoms with Crippen molar-refractivity contribution in [1.29, 1.82) is 0 Å². The average Bonchev–Trinajstić information content (AvgIpc) is 2.21. The molecule has 90 valence electrons. The Hall–Kier alpha value is -0.830.